The number of methoxy groups -OCH3 is 1. The van der Waals surface area contributed by atoms with Gasteiger partial charge in [0.25, 0.3) is 0 Å². The Morgan fingerprint density at radius 3 is 2.85 bits per heavy atom. The van der Waals surface area contributed by atoms with Gasteiger partial charge in [0.1, 0.15) is 6.04 Å². The van der Waals surface area contributed by atoms with Crippen LogP contribution in [0.2, 0.25) is 5.02 Å². The minimum Gasteiger partial charge on any atom is -0.465 e. The fraction of sp³-hybridized carbons (Fsp3) is 0.176. The van der Waals surface area contributed by atoms with E-state index in [4.69, 9.17) is 28.6 Å². The van der Waals surface area contributed by atoms with Gasteiger partial charge in [0.05, 0.1) is 22.6 Å². The van der Waals surface area contributed by atoms with E-state index in [1.165, 1.54) is 30.6 Å². The number of anilines is 1. The lowest BCUT2D eigenvalue weighted by molar-refractivity contribution is -0.118. The largest absolute Gasteiger partial charge is 0.465 e. The van der Waals surface area contributed by atoms with Crippen LogP contribution in [0.25, 0.3) is 10.7 Å². The van der Waals surface area contributed by atoms with E-state index in [1.54, 1.807) is 17.6 Å². The number of hydrogen-bond acceptors (Lipinski definition) is 6. The van der Waals surface area contributed by atoms with Crippen molar-refractivity contribution in [3.63, 3.8) is 0 Å². The molecular weight excluding hydrogens is 408 g/mol. The normalized spacial score (nSPS) is 11.8. The Morgan fingerprint density at radius 1 is 1.41 bits per heavy atom. The molecule has 3 aromatic rings. The Hall–Kier alpha value is -2.49. The number of carbonyl (C=O) groups is 2. The molecule has 10 heteroatoms. The number of thiophene rings is 1. The number of ether oxygens (including phenoxy) is 1. The first-order valence-corrected chi connectivity index (χ1v) is 9.48. The summed E-state index contributed by atoms with van der Waals surface area (Å²) in [6.45, 7) is 1.72. The van der Waals surface area contributed by atoms with E-state index in [-0.39, 0.29) is 16.5 Å². The van der Waals surface area contributed by atoms with Crippen molar-refractivity contribution >= 4 is 52.7 Å². The van der Waals surface area contributed by atoms with Crippen LogP contribution in [0, 0.1) is 4.77 Å². The maximum atomic E-state index is 12.8. The van der Waals surface area contributed by atoms with Crippen LogP contribution in [0.5, 0.6) is 0 Å². The summed E-state index contributed by atoms with van der Waals surface area (Å²) in [7, 11) is 1.26. The SMILES string of the molecule is COC(=O)c1cc(NC(=O)C(C)n2c(-c3cccs3)n[nH]c2=S)ccc1Cl. The van der Waals surface area contributed by atoms with Gasteiger partial charge in [-0.05, 0) is 48.8 Å². The number of nitrogens with zero attached hydrogens (tertiary/aromatic N) is 2. The lowest BCUT2D eigenvalue weighted by atomic mass is 10.2. The number of amides is 1. The summed E-state index contributed by atoms with van der Waals surface area (Å²) < 4.78 is 6.68. The van der Waals surface area contributed by atoms with Gasteiger partial charge in [-0.15, -0.1) is 11.3 Å². The molecule has 3 rings (SSSR count). The number of carbonyl (C=O) groups excluding carboxylic acids is 2. The van der Waals surface area contributed by atoms with Crippen LogP contribution in [0.15, 0.2) is 35.7 Å². The molecule has 0 spiro atoms. The number of nitrogens with one attached hydrogen (secondary N) is 2. The highest BCUT2D eigenvalue weighted by atomic mass is 35.5. The van der Waals surface area contributed by atoms with Gasteiger partial charge in [-0.2, -0.15) is 5.10 Å². The Kier molecular flexibility index (Phi) is 5.73. The van der Waals surface area contributed by atoms with Crippen molar-refractivity contribution in [2.24, 2.45) is 0 Å². The molecule has 2 N–H and O–H groups in total. The summed E-state index contributed by atoms with van der Waals surface area (Å²) in [5.41, 5.74) is 0.591. The molecule has 2 heterocycles. The van der Waals surface area contributed by atoms with Crippen molar-refractivity contribution in [3.8, 4) is 10.7 Å². The first-order valence-electron chi connectivity index (χ1n) is 7.82. The quantitative estimate of drug-likeness (QED) is 0.472. The van der Waals surface area contributed by atoms with Crippen molar-refractivity contribution in [1.29, 1.82) is 0 Å². The van der Waals surface area contributed by atoms with Gasteiger partial charge in [0, 0.05) is 5.69 Å². The summed E-state index contributed by atoms with van der Waals surface area (Å²) in [6, 6.07) is 7.76. The van der Waals surface area contributed by atoms with Crippen LogP contribution in [0.3, 0.4) is 0 Å². The Labute approximate surface area is 168 Å². The molecule has 0 radical (unpaired) electrons. The number of esters is 1. The predicted octanol–water partition coefficient (Wildman–Crippen LogP) is 4.31. The molecule has 0 bridgehead atoms. The van der Waals surface area contributed by atoms with Gasteiger partial charge in [-0.25, -0.2) is 4.79 Å². The number of benzene rings is 1. The van der Waals surface area contributed by atoms with Crippen LogP contribution in [-0.4, -0.2) is 33.8 Å². The number of H-pyrrole nitrogens is 1. The third kappa shape index (κ3) is 3.95. The third-order valence-corrected chi connectivity index (χ3v) is 5.34. The standard InChI is InChI=1S/C17H15ClN4O3S2/c1-9(22-14(20-21-17(22)26)13-4-3-7-27-13)15(23)19-10-5-6-12(18)11(8-10)16(24)25-2/h3-9H,1-2H3,(H,19,23)(H,21,26). The Balaban J connectivity index is 1.87. The molecule has 2 aromatic heterocycles. The first kappa shape index (κ1) is 19.3. The number of aromatic amines is 1. The van der Waals surface area contributed by atoms with E-state index >= 15 is 0 Å². The summed E-state index contributed by atoms with van der Waals surface area (Å²) in [5.74, 6) is -0.311. The van der Waals surface area contributed by atoms with E-state index < -0.39 is 12.0 Å². The molecule has 0 fully saturated rings. The number of hydrogen-bond donors (Lipinski definition) is 2. The zero-order valence-electron chi connectivity index (χ0n) is 14.4. The molecule has 1 atom stereocenters. The average Bonchev–Trinajstić information content (AvgIpc) is 3.31. The van der Waals surface area contributed by atoms with Gasteiger partial charge >= 0.3 is 5.97 Å². The van der Waals surface area contributed by atoms with Gasteiger partial charge in [-0.1, -0.05) is 17.7 Å². The Morgan fingerprint density at radius 2 is 2.19 bits per heavy atom. The molecule has 0 saturated carbocycles. The van der Waals surface area contributed by atoms with Gasteiger partial charge < -0.3 is 10.1 Å². The average molecular weight is 423 g/mol. The number of aromatic nitrogens is 3. The maximum Gasteiger partial charge on any atom is 0.339 e. The molecule has 0 aliphatic heterocycles. The first-order chi connectivity index (χ1) is 12.9. The third-order valence-electron chi connectivity index (χ3n) is 3.85. The summed E-state index contributed by atoms with van der Waals surface area (Å²) >= 11 is 12.8. The maximum absolute atomic E-state index is 12.8. The van der Waals surface area contributed by atoms with E-state index in [9.17, 15) is 9.59 Å². The smallest absolute Gasteiger partial charge is 0.339 e. The summed E-state index contributed by atoms with van der Waals surface area (Å²) in [6.07, 6.45) is 0. The second kappa shape index (κ2) is 8.03. The van der Waals surface area contributed by atoms with E-state index in [0.29, 0.717) is 16.3 Å². The summed E-state index contributed by atoms with van der Waals surface area (Å²) in [4.78, 5) is 25.4. The Bertz CT molecular complexity index is 1040. The van der Waals surface area contributed by atoms with Gasteiger partial charge in [0.15, 0.2) is 10.6 Å². The number of halogens is 1. The topological polar surface area (TPSA) is 89.0 Å². The van der Waals surface area contributed by atoms with Crippen LogP contribution in [0.4, 0.5) is 5.69 Å². The van der Waals surface area contributed by atoms with Crippen molar-refractivity contribution in [1.82, 2.24) is 14.8 Å². The fourth-order valence-electron chi connectivity index (χ4n) is 2.48. The lowest BCUT2D eigenvalue weighted by Crippen LogP contribution is -2.24. The highest BCUT2D eigenvalue weighted by molar-refractivity contribution is 7.71. The molecule has 1 aromatic carbocycles. The van der Waals surface area contributed by atoms with E-state index in [2.05, 4.69) is 15.5 Å². The minimum atomic E-state index is -0.634. The van der Waals surface area contributed by atoms with Crippen LogP contribution < -0.4 is 5.32 Å². The van der Waals surface area contributed by atoms with E-state index in [1.807, 2.05) is 17.5 Å². The molecule has 0 saturated heterocycles. The van der Waals surface area contributed by atoms with E-state index in [0.717, 1.165) is 4.88 Å². The van der Waals surface area contributed by atoms with Crippen molar-refractivity contribution in [2.75, 3.05) is 12.4 Å². The monoisotopic (exact) mass is 422 g/mol. The van der Waals surface area contributed by atoms with Crippen molar-refractivity contribution in [3.05, 3.63) is 51.1 Å². The van der Waals surface area contributed by atoms with Crippen molar-refractivity contribution < 1.29 is 14.3 Å². The molecule has 7 nitrogen and oxygen atoms in total. The molecule has 27 heavy (non-hydrogen) atoms. The van der Waals surface area contributed by atoms with Crippen molar-refractivity contribution in [2.45, 2.75) is 13.0 Å². The lowest BCUT2D eigenvalue weighted by Gasteiger charge is -2.16. The second-order valence-corrected chi connectivity index (χ2v) is 7.29. The molecule has 140 valence electrons. The zero-order valence-corrected chi connectivity index (χ0v) is 16.7. The van der Waals surface area contributed by atoms with Gasteiger partial charge in [-0.3, -0.25) is 14.5 Å². The van der Waals surface area contributed by atoms with Crippen LogP contribution in [0.1, 0.15) is 23.3 Å². The number of rotatable bonds is 5. The highest BCUT2D eigenvalue weighted by Gasteiger charge is 2.22. The van der Waals surface area contributed by atoms with Gasteiger partial charge in [0.2, 0.25) is 5.91 Å². The minimum absolute atomic E-state index is 0.170. The molecule has 1 unspecified atom stereocenters. The highest BCUT2D eigenvalue weighted by Crippen LogP contribution is 2.27. The summed E-state index contributed by atoms with van der Waals surface area (Å²) in [5, 5.41) is 11.9. The fourth-order valence-corrected chi connectivity index (χ4v) is 3.67. The molecular formula is C17H15ClN4O3S2. The molecule has 0 aliphatic carbocycles. The second-order valence-electron chi connectivity index (χ2n) is 5.55. The molecule has 1 amide bonds. The van der Waals surface area contributed by atoms with Crippen LogP contribution >= 0.6 is 35.2 Å². The zero-order chi connectivity index (χ0) is 19.6. The molecule has 0 aliphatic rings. The van der Waals surface area contributed by atoms with Crippen LogP contribution in [-0.2, 0) is 9.53 Å². The predicted molar refractivity (Wildman–Crippen MR) is 107 cm³/mol.